The molecule has 0 unspecified atom stereocenters. The average Bonchev–Trinajstić information content (AvgIpc) is 2.54. The first-order valence-corrected chi connectivity index (χ1v) is 7.53. The number of ether oxygens (including phenoxy) is 1. The molecule has 0 saturated carbocycles. The van der Waals surface area contributed by atoms with Crippen molar-refractivity contribution in [2.45, 2.75) is 45.6 Å². The van der Waals surface area contributed by atoms with Gasteiger partial charge in [0.25, 0.3) is 5.91 Å². The summed E-state index contributed by atoms with van der Waals surface area (Å²) in [5.41, 5.74) is 0.881. The van der Waals surface area contributed by atoms with E-state index in [0.717, 1.165) is 25.7 Å². The molecule has 0 saturated heterocycles. The Kier molecular flexibility index (Phi) is 7.69. The van der Waals surface area contributed by atoms with E-state index in [4.69, 9.17) is 11.3 Å². The first-order valence-electron chi connectivity index (χ1n) is 7.53. The van der Waals surface area contributed by atoms with Crippen LogP contribution in [-0.2, 0) is 9.53 Å². The van der Waals surface area contributed by atoms with Crippen molar-refractivity contribution in [2.75, 3.05) is 6.61 Å². The van der Waals surface area contributed by atoms with E-state index in [0.29, 0.717) is 17.9 Å². The van der Waals surface area contributed by atoms with Crippen LogP contribution in [0.5, 0.6) is 0 Å². The molecule has 0 fully saturated rings. The topological polar surface area (TPSA) is 59.8 Å². The minimum Gasteiger partial charge on any atom is -0.464 e. The maximum Gasteiger partial charge on any atom is 0.328 e. The zero-order valence-electron chi connectivity index (χ0n) is 13.1. The Balaban J connectivity index is 2.39. The van der Waals surface area contributed by atoms with Gasteiger partial charge in [0, 0.05) is 5.56 Å². The van der Waals surface area contributed by atoms with Gasteiger partial charge < -0.3 is 10.1 Å². The van der Waals surface area contributed by atoms with Gasteiger partial charge in [0.15, 0.2) is 5.69 Å². The third kappa shape index (κ3) is 5.96. The van der Waals surface area contributed by atoms with Gasteiger partial charge in [-0.3, -0.25) is 4.79 Å². The molecule has 0 aliphatic heterocycles. The van der Waals surface area contributed by atoms with Crippen LogP contribution in [0.4, 0.5) is 5.69 Å². The summed E-state index contributed by atoms with van der Waals surface area (Å²) in [6.07, 6.45) is 4.15. The molecule has 5 nitrogen and oxygen atoms in total. The lowest BCUT2D eigenvalue weighted by atomic mass is 10.2. The third-order valence-corrected chi connectivity index (χ3v) is 3.20. The van der Waals surface area contributed by atoms with Gasteiger partial charge in [-0.15, -0.1) is 0 Å². The summed E-state index contributed by atoms with van der Waals surface area (Å²) in [6, 6.07) is 5.56. The van der Waals surface area contributed by atoms with Gasteiger partial charge in [0.05, 0.1) is 13.2 Å². The van der Waals surface area contributed by atoms with Crippen LogP contribution in [-0.4, -0.2) is 24.5 Å². The van der Waals surface area contributed by atoms with Gasteiger partial charge in [-0.25, -0.2) is 9.64 Å². The van der Waals surface area contributed by atoms with Crippen LogP contribution < -0.4 is 5.32 Å². The molecule has 0 heterocycles. The number of nitrogens with zero attached hydrogens (tertiary/aromatic N) is 1. The van der Waals surface area contributed by atoms with Crippen molar-refractivity contribution in [1.82, 2.24) is 5.32 Å². The van der Waals surface area contributed by atoms with Gasteiger partial charge in [-0.1, -0.05) is 50.5 Å². The van der Waals surface area contributed by atoms with E-state index in [2.05, 4.69) is 17.1 Å². The summed E-state index contributed by atoms with van der Waals surface area (Å²) in [6.45, 7) is 11.0. The number of esters is 1. The lowest BCUT2D eigenvalue weighted by Gasteiger charge is -2.13. The van der Waals surface area contributed by atoms with E-state index < -0.39 is 12.0 Å². The van der Waals surface area contributed by atoms with Gasteiger partial charge in [-0.05, 0) is 13.3 Å². The van der Waals surface area contributed by atoms with Gasteiger partial charge >= 0.3 is 5.97 Å². The number of hydrogen-bond acceptors (Lipinski definition) is 3. The smallest absolute Gasteiger partial charge is 0.328 e. The van der Waals surface area contributed by atoms with Gasteiger partial charge in [0.1, 0.15) is 6.04 Å². The summed E-state index contributed by atoms with van der Waals surface area (Å²) in [5, 5.41) is 2.59. The minimum atomic E-state index is -0.695. The largest absolute Gasteiger partial charge is 0.464 e. The monoisotopic (exact) mass is 302 g/mol. The fraction of sp³-hybridized carbons (Fsp3) is 0.471. The van der Waals surface area contributed by atoms with Crippen molar-refractivity contribution in [1.29, 1.82) is 0 Å². The summed E-state index contributed by atoms with van der Waals surface area (Å²) >= 11 is 0. The Hall–Kier alpha value is -2.35. The molecule has 1 N–H and O–H groups in total. The van der Waals surface area contributed by atoms with E-state index >= 15 is 0 Å². The molecule has 1 aromatic rings. The van der Waals surface area contributed by atoms with E-state index in [1.807, 2.05) is 0 Å². The van der Waals surface area contributed by atoms with Crippen LogP contribution in [0.15, 0.2) is 24.3 Å². The molecule has 1 aromatic carbocycles. The number of carbonyl (C=O) groups is 2. The zero-order valence-corrected chi connectivity index (χ0v) is 13.1. The Morgan fingerprint density at radius 3 is 2.50 bits per heavy atom. The number of hydrogen-bond donors (Lipinski definition) is 1. The van der Waals surface area contributed by atoms with Crippen molar-refractivity contribution in [3.8, 4) is 0 Å². The van der Waals surface area contributed by atoms with Gasteiger partial charge in [-0.2, -0.15) is 0 Å². The van der Waals surface area contributed by atoms with Crippen molar-refractivity contribution < 1.29 is 14.3 Å². The molecule has 118 valence electrons. The van der Waals surface area contributed by atoms with E-state index in [1.54, 1.807) is 31.2 Å². The number of unbranched alkanes of at least 4 members (excludes halogenated alkanes) is 3. The van der Waals surface area contributed by atoms with E-state index in [1.165, 1.54) is 0 Å². The molecule has 0 aromatic heterocycles. The molecule has 1 atom stereocenters. The van der Waals surface area contributed by atoms with E-state index in [9.17, 15) is 9.59 Å². The summed E-state index contributed by atoms with van der Waals surface area (Å²) in [7, 11) is 0. The predicted octanol–water partition coefficient (Wildman–Crippen LogP) is 3.48. The average molecular weight is 302 g/mol. The molecule has 5 heteroatoms. The molecule has 0 spiro atoms. The lowest BCUT2D eigenvalue weighted by molar-refractivity contribution is -0.145. The molecule has 0 radical (unpaired) electrons. The minimum absolute atomic E-state index is 0.355. The van der Waals surface area contributed by atoms with Crippen molar-refractivity contribution in [3.05, 3.63) is 41.2 Å². The highest BCUT2D eigenvalue weighted by molar-refractivity contribution is 5.96. The number of carbonyl (C=O) groups excluding carboxylic acids is 2. The number of rotatable bonds is 8. The standard InChI is InChI=1S/C17H22N2O3/c1-4-5-6-7-12-22-17(21)13(2)19-16(20)14-8-10-15(18-3)11-9-14/h8-11,13H,4-7,12H2,1-2H3,(H,19,20)/t13-/m0/s1. The normalized spacial score (nSPS) is 11.3. The molecule has 22 heavy (non-hydrogen) atoms. The Bertz CT molecular complexity index is 532. The van der Waals surface area contributed by atoms with Crippen molar-refractivity contribution >= 4 is 17.6 Å². The molecule has 0 bridgehead atoms. The van der Waals surface area contributed by atoms with Crippen LogP contribution in [0, 0.1) is 6.57 Å². The molecular weight excluding hydrogens is 280 g/mol. The fourth-order valence-corrected chi connectivity index (χ4v) is 1.85. The zero-order chi connectivity index (χ0) is 16.4. The second-order valence-electron chi connectivity index (χ2n) is 5.08. The van der Waals surface area contributed by atoms with Crippen molar-refractivity contribution in [3.63, 3.8) is 0 Å². The second-order valence-corrected chi connectivity index (χ2v) is 5.08. The summed E-state index contributed by atoms with van der Waals surface area (Å²) in [4.78, 5) is 27.0. The van der Waals surface area contributed by atoms with Crippen LogP contribution in [0.2, 0.25) is 0 Å². The first-order chi connectivity index (χ1) is 10.6. The Morgan fingerprint density at radius 1 is 1.23 bits per heavy atom. The first kappa shape index (κ1) is 17.7. The second kappa shape index (κ2) is 9.56. The van der Waals surface area contributed by atoms with Crippen LogP contribution in [0.25, 0.3) is 4.85 Å². The van der Waals surface area contributed by atoms with E-state index in [-0.39, 0.29) is 5.91 Å². The predicted molar refractivity (Wildman–Crippen MR) is 84.7 cm³/mol. The highest BCUT2D eigenvalue weighted by Gasteiger charge is 2.17. The fourth-order valence-electron chi connectivity index (χ4n) is 1.85. The number of benzene rings is 1. The Labute approximate surface area is 131 Å². The molecule has 1 rings (SSSR count). The molecular formula is C17H22N2O3. The molecule has 0 aliphatic carbocycles. The molecule has 0 aliphatic rings. The van der Waals surface area contributed by atoms with Gasteiger partial charge in [0.2, 0.25) is 0 Å². The molecule has 1 amide bonds. The number of nitrogens with one attached hydrogen (secondary N) is 1. The summed E-state index contributed by atoms with van der Waals surface area (Å²) < 4.78 is 5.13. The third-order valence-electron chi connectivity index (χ3n) is 3.20. The van der Waals surface area contributed by atoms with Crippen LogP contribution >= 0.6 is 0 Å². The quantitative estimate of drug-likeness (QED) is 0.454. The van der Waals surface area contributed by atoms with Crippen molar-refractivity contribution in [2.24, 2.45) is 0 Å². The Morgan fingerprint density at radius 2 is 1.91 bits per heavy atom. The maximum absolute atomic E-state index is 12.0. The lowest BCUT2D eigenvalue weighted by Crippen LogP contribution is -2.39. The van der Waals surface area contributed by atoms with Crippen LogP contribution in [0.3, 0.4) is 0 Å². The highest BCUT2D eigenvalue weighted by atomic mass is 16.5. The van der Waals surface area contributed by atoms with Crippen LogP contribution in [0.1, 0.15) is 49.9 Å². The number of amides is 1. The SMILES string of the molecule is [C-]#[N+]c1ccc(C(=O)N[C@@H](C)C(=O)OCCCCCC)cc1. The maximum atomic E-state index is 12.0. The summed E-state index contributed by atoms with van der Waals surface area (Å²) in [5.74, 6) is -0.783. The highest BCUT2D eigenvalue weighted by Crippen LogP contribution is 2.12.